The third-order valence-corrected chi connectivity index (χ3v) is 6.53. The van der Waals surface area contributed by atoms with Gasteiger partial charge in [-0.25, -0.2) is 4.79 Å². The molecule has 0 saturated carbocycles. The Labute approximate surface area is 178 Å². The normalized spacial score (nSPS) is 16.1. The first-order valence-electron chi connectivity index (χ1n) is 9.88. The summed E-state index contributed by atoms with van der Waals surface area (Å²) in [4.78, 5) is 36.5. The van der Waals surface area contributed by atoms with Crippen LogP contribution in [0.5, 0.6) is 0 Å². The van der Waals surface area contributed by atoms with Crippen LogP contribution in [0, 0.1) is 21.4 Å². The molecule has 0 fully saturated rings. The maximum absolute atomic E-state index is 12.6. The number of nitro groups is 1. The van der Waals surface area contributed by atoms with Crippen molar-refractivity contribution in [1.82, 2.24) is 9.78 Å². The van der Waals surface area contributed by atoms with Crippen LogP contribution in [-0.2, 0) is 28.9 Å². The van der Waals surface area contributed by atoms with Crippen LogP contribution in [0.2, 0.25) is 0 Å². The molecule has 0 spiro atoms. The molecule has 1 atom stereocenters. The molecule has 30 heavy (non-hydrogen) atoms. The molecule has 0 saturated heterocycles. The number of hydrogen-bond acceptors (Lipinski definition) is 7. The van der Waals surface area contributed by atoms with Gasteiger partial charge in [-0.1, -0.05) is 20.8 Å². The molecule has 1 aliphatic rings. The van der Waals surface area contributed by atoms with Crippen LogP contribution in [0.3, 0.4) is 0 Å². The van der Waals surface area contributed by atoms with Gasteiger partial charge in [-0.05, 0) is 43.1 Å². The van der Waals surface area contributed by atoms with Crippen molar-refractivity contribution in [2.45, 2.75) is 53.5 Å². The second-order valence-corrected chi connectivity index (χ2v) is 9.54. The molecule has 3 rings (SSSR count). The van der Waals surface area contributed by atoms with Gasteiger partial charge in [0.15, 0.2) is 0 Å². The number of thiophene rings is 1. The number of aromatic nitrogens is 2. The number of ether oxygens (including phenoxy) is 1. The van der Waals surface area contributed by atoms with Crippen LogP contribution in [-0.4, -0.2) is 33.2 Å². The lowest BCUT2D eigenvalue weighted by Gasteiger charge is -2.33. The Hall–Kier alpha value is -2.75. The molecule has 0 bridgehead atoms. The van der Waals surface area contributed by atoms with Gasteiger partial charge in [0.2, 0.25) is 5.91 Å². The summed E-state index contributed by atoms with van der Waals surface area (Å²) in [5, 5.41) is 17.9. The van der Waals surface area contributed by atoms with E-state index in [0.29, 0.717) is 16.5 Å². The summed E-state index contributed by atoms with van der Waals surface area (Å²) >= 11 is 1.41. The number of fused-ring (bicyclic) bond motifs is 1. The van der Waals surface area contributed by atoms with E-state index < -0.39 is 16.8 Å². The molecule has 2 aromatic rings. The molecule has 0 aromatic carbocycles. The Bertz CT molecular complexity index is 972. The van der Waals surface area contributed by atoms with Crippen molar-refractivity contribution in [1.29, 1.82) is 0 Å². The summed E-state index contributed by atoms with van der Waals surface area (Å²) in [6, 6.07) is 0. The van der Waals surface area contributed by atoms with Crippen molar-refractivity contribution in [3.63, 3.8) is 0 Å². The number of hydrogen-bond donors (Lipinski definition) is 1. The van der Waals surface area contributed by atoms with Gasteiger partial charge in [0.05, 0.1) is 17.1 Å². The van der Waals surface area contributed by atoms with E-state index in [1.54, 1.807) is 6.92 Å². The Morgan fingerprint density at radius 2 is 2.17 bits per heavy atom. The summed E-state index contributed by atoms with van der Waals surface area (Å²) in [7, 11) is 0. The number of carbonyl (C=O) groups excluding carboxylic acids is 2. The number of esters is 1. The lowest BCUT2D eigenvalue weighted by molar-refractivity contribution is -0.385. The summed E-state index contributed by atoms with van der Waals surface area (Å²) in [5.41, 5.74) is 1.37. The zero-order valence-electron chi connectivity index (χ0n) is 17.6. The average Bonchev–Trinajstić information content (AvgIpc) is 3.24. The fraction of sp³-hybridized carbons (Fsp3) is 0.550. The van der Waals surface area contributed by atoms with Gasteiger partial charge in [-0.3, -0.25) is 19.6 Å². The first-order valence-corrected chi connectivity index (χ1v) is 10.7. The fourth-order valence-electron chi connectivity index (χ4n) is 3.68. The SMILES string of the molecule is CCOC(=O)c1c(NC(=O)Cn2cc([N+](=O)[O-])cn2)sc2c1CC[C@H](C(C)(C)C)C2. The van der Waals surface area contributed by atoms with E-state index in [2.05, 4.69) is 31.2 Å². The Morgan fingerprint density at radius 3 is 2.77 bits per heavy atom. The Balaban J connectivity index is 1.84. The summed E-state index contributed by atoms with van der Waals surface area (Å²) in [6.45, 7) is 8.45. The minimum absolute atomic E-state index is 0.157. The number of nitrogens with zero attached hydrogens (tertiary/aromatic N) is 3. The van der Waals surface area contributed by atoms with Gasteiger partial charge in [-0.15, -0.1) is 11.3 Å². The number of rotatable bonds is 6. The Kier molecular flexibility index (Phi) is 6.25. The molecule has 0 radical (unpaired) electrons. The van der Waals surface area contributed by atoms with Crippen LogP contribution < -0.4 is 5.32 Å². The minimum Gasteiger partial charge on any atom is -0.462 e. The topological polar surface area (TPSA) is 116 Å². The quantitative estimate of drug-likeness (QED) is 0.420. The molecule has 162 valence electrons. The predicted octanol–water partition coefficient (Wildman–Crippen LogP) is 3.82. The maximum atomic E-state index is 12.6. The van der Waals surface area contributed by atoms with Gasteiger partial charge in [0.1, 0.15) is 23.9 Å². The van der Waals surface area contributed by atoms with E-state index in [4.69, 9.17) is 4.74 Å². The fourth-order valence-corrected chi connectivity index (χ4v) is 5.01. The zero-order valence-corrected chi connectivity index (χ0v) is 18.4. The zero-order chi connectivity index (χ0) is 22.1. The van der Waals surface area contributed by atoms with E-state index in [-0.39, 0.29) is 24.3 Å². The Morgan fingerprint density at radius 1 is 1.43 bits per heavy atom. The van der Waals surface area contributed by atoms with Crippen LogP contribution >= 0.6 is 11.3 Å². The number of anilines is 1. The van der Waals surface area contributed by atoms with Crippen LogP contribution in [0.1, 0.15) is 54.9 Å². The van der Waals surface area contributed by atoms with Gasteiger partial charge in [0, 0.05) is 4.88 Å². The summed E-state index contributed by atoms with van der Waals surface area (Å²) in [5.74, 6) is -0.356. The first kappa shape index (κ1) is 21.9. The van der Waals surface area contributed by atoms with E-state index in [1.807, 2.05) is 0 Å². The molecule has 0 aliphatic heterocycles. The van der Waals surface area contributed by atoms with E-state index >= 15 is 0 Å². The van der Waals surface area contributed by atoms with E-state index in [0.717, 1.165) is 35.9 Å². The largest absolute Gasteiger partial charge is 0.462 e. The molecular formula is C20H26N4O5S. The first-order chi connectivity index (χ1) is 14.1. The highest BCUT2D eigenvalue weighted by atomic mass is 32.1. The summed E-state index contributed by atoms with van der Waals surface area (Å²) < 4.78 is 6.44. The second kappa shape index (κ2) is 8.55. The van der Waals surface area contributed by atoms with Gasteiger partial charge in [0.25, 0.3) is 0 Å². The molecule has 1 aliphatic carbocycles. The summed E-state index contributed by atoms with van der Waals surface area (Å²) in [6.07, 6.45) is 4.89. The van der Waals surface area contributed by atoms with Crippen molar-refractivity contribution in [2.75, 3.05) is 11.9 Å². The molecule has 10 heteroatoms. The lowest BCUT2D eigenvalue weighted by Crippen LogP contribution is -2.26. The number of carbonyl (C=O) groups is 2. The highest BCUT2D eigenvalue weighted by Gasteiger charge is 2.34. The standard InChI is InChI=1S/C20H26N4O5S/c1-5-29-19(26)17-14-7-6-12(20(2,3)4)8-15(14)30-18(17)22-16(25)11-23-10-13(9-21-23)24(27)28/h9-10,12H,5-8,11H2,1-4H3,(H,22,25)/t12-/m0/s1. The highest BCUT2D eigenvalue weighted by molar-refractivity contribution is 7.17. The van der Waals surface area contributed by atoms with Crippen molar-refractivity contribution >= 4 is 33.9 Å². The lowest BCUT2D eigenvalue weighted by atomic mass is 9.72. The van der Waals surface area contributed by atoms with Crippen molar-refractivity contribution in [2.24, 2.45) is 11.3 Å². The molecular weight excluding hydrogens is 408 g/mol. The van der Waals surface area contributed by atoms with Crippen molar-refractivity contribution in [3.8, 4) is 0 Å². The molecule has 2 heterocycles. The third-order valence-electron chi connectivity index (χ3n) is 5.36. The molecule has 2 aromatic heterocycles. The second-order valence-electron chi connectivity index (χ2n) is 8.44. The minimum atomic E-state index is -0.570. The van der Waals surface area contributed by atoms with Crippen molar-refractivity contribution in [3.05, 3.63) is 38.5 Å². The maximum Gasteiger partial charge on any atom is 0.341 e. The third kappa shape index (κ3) is 4.69. The monoisotopic (exact) mass is 434 g/mol. The molecule has 1 amide bonds. The highest BCUT2D eigenvalue weighted by Crippen LogP contribution is 2.44. The smallest absolute Gasteiger partial charge is 0.341 e. The molecule has 9 nitrogen and oxygen atoms in total. The number of nitrogens with one attached hydrogen (secondary N) is 1. The van der Waals surface area contributed by atoms with Crippen LogP contribution in [0.15, 0.2) is 12.4 Å². The van der Waals surface area contributed by atoms with Gasteiger partial charge in [-0.2, -0.15) is 5.10 Å². The van der Waals surface area contributed by atoms with E-state index in [9.17, 15) is 19.7 Å². The molecule has 0 unspecified atom stereocenters. The van der Waals surface area contributed by atoms with Crippen molar-refractivity contribution < 1.29 is 19.2 Å². The van der Waals surface area contributed by atoms with Crippen LogP contribution in [0.25, 0.3) is 0 Å². The number of amides is 1. The van der Waals surface area contributed by atoms with E-state index in [1.165, 1.54) is 22.2 Å². The van der Waals surface area contributed by atoms with Gasteiger partial charge >= 0.3 is 11.7 Å². The average molecular weight is 435 g/mol. The van der Waals surface area contributed by atoms with Gasteiger partial charge < -0.3 is 10.1 Å². The predicted molar refractivity (Wildman–Crippen MR) is 113 cm³/mol. The van der Waals surface area contributed by atoms with Crippen LogP contribution in [0.4, 0.5) is 10.7 Å². The molecule has 1 N–H and O–H groups in total.